The van der Waals surface area contributed by atoms with Crippen LogP contribution < -0.4 is 9.47 Å². The third-order valence-electron chi connectivity index (χ3n) is 7.13. The number of halogens is 2. The van der Waals surface area contributed by atoms with Gasteiger partial charge < -0.3 is 9.47 Å². The highest BCUT2D eigenvalue weighted by Gasteiger charge is 2.43. The van der Waals surface area contributed by atoms with Gasteiger partial charge in [0.05, 0.1) is 6.61 Å². The Balaban J connectivity index is 1.29. The molecule has 0 saturated heterocycles. The Morgan fingerprint density at radius 1 is 1.12 bits per heavy atom. The lowest BCUT2D eigenvalue weighted by Gasteiger charge is -2.30. The molecule has 0 aliphatic heterocycles. The molecule has 4 atom stereocenters. The van der Waals surface area contributed by atoms with Crippen LogP contribution in [0.15, 0.2) is 58.2 Å². The minimum Gasteiger partial charge on any atom is -0.493 e. The number of hydrogen-bond donors (Lipinski definition) is 0. The molecule has 5 rings (SSSR count). The van der Waals surface area contributed by atoms with Crippen LogP contribution in [0.1, 0.15) is 44.5 Å². The Labute approximate surface area is 212 Å². The lowest BCUT2D eigenvalue weighted by molar-refractivity contribution is 0.215. The maximum atomic E-state index is 14.1. The van der Waals surface area contributed by atoms with Crippen molar-refractivity contribution in [1.82, 2.24) is 14.8 Å². The van der Waals surface area contributed by atoms with Crippen molar-refractivity contribution in [3.05, 3.63) is 64.6 Å². The Kier molecular flexibility index (Phi) is 7.44. The zero-order chi connectivity index (χ0) is 23.5. The summed E-state index contributed by atoms with van der Waals surface area (Å²) in [4.78, 5) is 0. The second-order valence-electron chi connectivity index (χ2n) is 9.22. The number of ether oxygens (including phenoxy) is 2. The molecular weight excluding hydrogens is 517 g/mol. The summed E-state index contributed by atoms with van der Waals surface area (Å²) in [6.07, 6.45) is 5.31. The summed E-state index contributed by atoms with van der Waals surface area (Å²) in [5.74, 6) is 4.47. The Morgan fingerprint density at radius 2 is 2.00 bits per heavy atom. The van der Waals surface area contributed by atoms with Crippen LogP contribution in [0.5, 0.6) is 11.5 Å². The molecule has 2 aliphatic carbocycles. The molecule has 34 heavy (non-hydrogen) atoms. The molecule has 2 aliphatic rings. The van der Waals surface area contributed by atoms with Crippen LogP contribution in [0.2, 0.25) is 0 Å². The smallest absolute Gasteiger partial charge is 0.191 e. The van der Waals surface area contributed by atoms with Gasteiger partial charge in [0.15, 0.2) is 22.5 Å². The summed E-state index contributed by atoms with van der Waals surface area (Å²) in [6.45, 7) is 3.04. The first kappa shape index (κ1) is 23.7. The van der Waals surface area contributed by atoms with E-state index in [9.17, 15) is 4.39 Å². The number of hydrogen-bond acceptors (Lipinski definition) is 5. The molecule has 0 N–H and O–H groups in total. The van der Waals surface area contributed by atoms with Gasteiger partial charge in [-0.15, -0.1) is 10.2 Å². The molecule has 1 aromatic heterocycles. The highest BCUT2D eigenvalue weighted by molar-refractivity contribution is 9.10. The third kappa shape index (κ3) is 5.28. The van der Waals surface area contributed by atoms with Crippen molar-refractivity contribution in [2.45, 2.75) is 50.4 Å². The first-order chi connectivity index (χ1) is 16.6. The van der Waals surface area contributed by atoms with Crippen molar-refractivity contribution in [1.29, 1.82) is 0 Å². The molecule has 8 heteroatoms. The average Bonchev–Trinajstić information content (AvgIpc) is 3.57. The van der Waals surface area contributed by atoms with Crippen LogP contribution in [0.25, 0.3) is 0 Å². The molecule has 2 bridgehead atoms. The van der Waals surface area contributed by atoms with Crippen molar-refractivity contribution in [3.63, 3.8) is 0 Å². The molecule has 0 unspecified atom stereocenters. The van der Waals surface area contributed by atoms with Gasteiger partial charge in [-0.3, -0.25) is 4.57 Å². The lowest BCUT2D eigenvalue weighted by atomic mass is 9.84. The standard InChI is InChI=1S/C26H29BrFN3O2S/c1-17(22-14-18-9-10-19(22)13-18)31-25(16-33-24-8-3-2-7-23(24)28)29-30-26(31)34-12-11-32-21-6-4-5-20(27)15-21/h2-8,15,17-19,22H,9-14,16H2,1H3/t17-,18-,19-,22+/m1/s1. The van der Waals surface area contributed by atoms with Crippen LogP contribution in [-0.2, 0) is 6.61 Å². The monoisotopic (exact) mass is 545 g/mol. The molecule has 5 nitrogen and oxygen atoms in total. The molecular formula is C26H29BrFN3O2S. The van der Waals surface area contributed by atoms with Gasteiger partial charge in [0.25, 0.3) is 0 Å². The molecule has 2 aromatic carbocycles. The summed E-state index contributed by atoms with van der Waals surface area (Å²) >= 11 is 5.12. The number of para-hydroxylation sites is 1. The SMILES string of the molecule is C[C@H]([C@@H]1C[C@@H]2CC[C@@H]1C2)n1c(COc2ccccc2F)nnc1SCCOc1cccc(Br)c1. The fourth-order valence-corrected chi connectivity index (χ4v) is 6.78. The average molecular weight is 547 g/mol. The highest BCUT2D eigenvalue weighted by Crippen LogP contribution is 2.52. The lowest BCUT2D eigenvalue weighted by Crippen LogP contribution is -2.24. The second kappa shape index (κ2) is 10.7. The third-order valence-corrected chi connectivity index (χ3v) is 8.53. The van der Waals surface area contributed by atoms with E-state index in [4.69, 9.17) is 9.47 Å². The van der Waals surface area contributed by atoms with Gasteiger partial charge in [-0.1, -0.05) is 52.3 Å². The largest absolute Gasteiger partial charge is 0.493 e. The zero-order valence-electron chi connectivity index (χ0n) is 19.2. The number of nitrogens with zero attached hydrogens (tertiary/aromatic N) is 3. The molecule has 1 heterocycles. The number of thioether (sulfide) groups is 1. The first-order valence-electron chi connectivity index (χ1n) is 11.9. The van der Waals surface area contributed by atoms with Crippen molar-refractivity contribution in [3.8, 4) is 11.5 Å². The predicted octanol–water partition coefficient (Wildman–Crippen LogP) is 6.93. The first-order valence-corrected chi connectivity index (χ1v) is 13.7. The quantitative estimate of drug-likeness (QED) is 0.204. The van der Waals surface area contributed by atoms with E-state index in [1.807, 2.05) is 24.3 Å². The number of aromatic nitrogens is 3. The summed E-state index contributed by atoms with van der Waals surface area (Å²) in [5, 5.41) is 9.84. The Morgan fingerprint density at radius 3 is 2.76 bits per heavy atom. The number of benzene rings is 2. The van der Waals surface area contributed by atoms with E-state index in [1.54, 1.807) is 30.0 Å². The van der Waals surface area contributed by atoms with Gasteiger partial charge in [-0.25, -0.2) is 4.39 Å². The van der Waals surface area contributed by atoms with Gasteiger partial charge >= 0.3 is 0 Å². The normalized spacial score (nSPS) is 22.1. The summed E-state index contributed by atoms with van der Waals surface area (Å²) in [5.41, 5.74) is 0. The van der Waals surface area contributed by atoms with E-state index in [0.29, 0.717) is 12.5 Å². The summed E-state index contributed by atoms with van der Waals surface area (Å²) in [6, 6.07) is 14.6. The van der Waals surface area contributed by atoms with Gasteiger partial charge in [0, 0.05) is 16.3 Å². The maximum absolute atomic E-state index is 14.1. The number of fused-ring (bicyclic) bond motifs is 2. The highest BCUT2D eigenvalue weighted by atomic mass is 79.9. The van der Waals surface area contributed by atoms with Crippen molar-refractivity contribution in [2.24, 2.45) is 17.8 Å². The van der Waals surface area contributed by atoms with Gasteiger partial charge in [-0.05, 0) is 74.3 Å². The van der Waals surface area contributed by atoms with E-state index in [0.717, 1.165) is 38.8 Å². The minimum atomic E-state index is -0.367. The predicted molar refractivity (Wildman–Crippen MR) is 135 cm³/mol. The summed E-state index contributed by atoms with van der Waals surface area (Å²) in [7, 11) is 0. The molecule has 0 amide bonds. The Hall–Kier alpha value is -2.06. The molecule has 3 aromatic rings. The second-order valence-corrected chi connectivity index (χ2v) is 11.2. The minimum absolute atomic E-state index is 0.189. The maximum Gasteiger partial charge on any atom is 0.191 e. The van der Waals surface area contributed by atoms with Crippen LogP contribution in [-0.4, -0.2) is 27.1 Å². The van der Waals surface area contributed by atoms with E-state index in [1.165, 1.54) is 31.7 Å². The van der Waals surface area contributed by atoms with Crippen molar-refractivity contribution < 1.29 is 13.9 Å². The molecule has 2 saturated carbocycles. The van der Waals surface area contributed by atoms with E-state index < -0.39 is 0 Å². The van der Waals surface area contributed by atoms with Gasteiger partial charge in [0.1, 0.15) is 12.4 Å². The molecule has 2 fully saturated rings. The van der Waals surface area contributed by atoms with E-state index >= 15 is 0 Å². The van der Waals surface area contributed by atoms with Crippen LogP contribution in [0.3, 0.4) is 0 Å². The van der Waals surface area contributed by atoms with Crippen LogP contribution in [0, 0.1) is 23.6 Å². The zero-order valence-corrected chi connectivity index (χ0v) is 21.6. The van der Waals surface area contributed by atoms with E-state index in [-0.39, 0.29) is 24.2 Å². The molecule has 180 valence electrons. The Bertz CT molecular complexity index is 1130. The van der Waals surface area contributed by atoms with Gasteiger partial charge in [-0.2, -0.15) is 0 Å². The van der Waals surface area contributed by atoms with Crippen molar-refractivity contribution >= 4 is 27.7 Å². The van der Waals surface area contributed by atoms with E-state index in [2.05, 4.69) is 37.6 Å². The fraction of sp³-hybridized carbons (Fsp3) is 0.462. The molecule has 0 radical (unpaired) electrons. The van der Waals surface area contributed by atoms with Crippen molar-refractivity contribution in [2.75, 3.05) is 12.4 Å². The molecule has 0 spiro atoms. The summed E-state index contributed by atoms with van der Waals surface area (Å²) < 4.78 is 29.0. The van der Waals surface area contributed by atoms with Crippen LogP contribution >= 0.6 is 27.7 Å². The van der Waals surface area contributed by atoms with Crippen LogP contribution in [0.4, 0.5) is 4.39 Å². The topological polar surface area (TPSA) is 49.2 Å². The number of rotatable bonds is 10. The van der Waals surface area contributed by atoms with Gasteiger partial charge in [0.2, 0.25) is 0 Å². The fourth-order valence-electron chi connectivity index (χ4n) is 5.54.